The number of fused-ring (bicyclic) bond motifs is 5. The minimum atomic E-state index is -0.0662. The van der Waals surface area contributed by atoms with E-state index in [1.54, 1.807) is 0 Å². The van der Waals surface area contributed by atoms with Crippen LogP contribution in [-0.2, 0) is 4.79 Å². The summed E-state index contributed by atoms with van der Waals surface area (Å²) >= 11 is 3.65. The average Bonchev–Trinajstić information content (AvgIpc) is 2.72. The van der Waals surface area contributed by atoms with Crippen molar-refractivity contribution >= 4 is 21.7 Å². The van der Waals surface area contributed by atoms with Crippen LogP contribution in [0.4, 0.5) is 0 Å². The van der Waals surface area contributed by atoms with Crippen molar-refractivity contribution in [3.05, 3.63) is 0 Å². The number of aliphatic hydroxyl groups is 1. The van der Waals surface area contributed by atoms with Crippen LogP contribution in [0.1, 0.15) is 65.2 Å². The van der Waals surface area contributed by atoms with Gasteiger partial charge >= 0.3 is 0 Å². The van der Waals surface area contributed by atoms with Crippen molar-refractivity contribution in [3.63, 3.8) is 0 Å². The molecule has 4 rings (SSSR count). The van der Waals surface area contributed by atoms with Crippen molar-refractivity contribution in [1.29, 1.82) is 0 Å². The molecule has 0 radical (unpaired) electrons. The Kier molecular flexibility index (Phi) is 4.52. The van der Waals surface area contributed by atoms with Crippen molar-refractivity contribution in [2.45, 2.75) is 76.1 Å². The van der Waals surface area contributed by atoms with Gasteiger partial charge in [-0.2, -0.15) is 0 Å². The number of alkyl halides is 1. The van der Waals surface area contributed by atoms with E-state index < -0.39 is 0 Å². The highest BCUT2D eigenvalue weighted by atomic mass is 79.9. The molecule has 0 aromatic heterocycles. The van der Waals surface area contributed by atoms with Crippen LogP contribution in [0.3, 0.4) is 0 Å². The summed E-state index contributed by atoms with van der Waals surface area (Å²) < 4.78 is 0. The second-order valence-corrected chi connectivity index (χ2v) is 10.2. The van der Waals surface area contributed by atoms with E-state index in [1.165, 1.54) is 25.7 Å². The predicted molar refractivity (Wildman–Crippen MR) is 94.5 cm³/mol. The van der Waals surface area contributed by atoms with Crippen molar-refractivity contribution < 1.29 is 15.4 Å². The largest absolute Gasteiger partial charge is 0.412 e. The maximum Gasteiger partial charge on any atom is 0.152 e. The summed E-state index contributed by atoms with van der Waals surface area (Å²) in [4.78, 5) is 12.8. The van der Waals surface area contributed by atoms with E-state index in [2.05, 4.69) is 29.8 Å². The van der Waals surface area contributed by atoms with Crippen LogP contribution in [0, 0.1) is 34.5 Å². The van der Waals surface area contributed by atoms with Gasteiger partial charge in [-0.1, -0.05) is 29.8 Å². The number of carbonyl (C=O) groups excluding carboxylic acids is 1. The summed E-state index contributed by atoms with van der Waals surface area (Å²) in [5.41, 5.74) is 0.351. The van der Waals surface area contributed by atoms with Gasteiger partial charge < -0.3 is 10.6 Å². The Morgan fingerprint density at radius 1 is 1.04 bits per heavy atom. The third-order valence-electron chi connectivity index (χ3n) is 8.34. The molecule has 3 N–H and O–H groups in total. The summed E-state index contributed by atoms with van der Waals surface area (Å²) in [5.74, 6) is 3.29. The molecule has 4 aliphatic carbocycles. The first-order chi connectivity index (χ1) is 10.4. The molecule has 4 heteroatoms. The monoisotopic (exact) mass is 386 g/mol. The molecule has 4 saturated carbocycles. The lowest BCUT2D eigenvalue weighted by Crippen LogP contribution is -2.54. The molecule has 8 atom stereocenters. The van der Waals surface area contributed by atoms with Gasteiger partial charge in [0.15, 0.2) is 5.78 Å². The van der Waals surface area contributed by atoms with Crippen LogP contribution >= 0.6 is 15.9 Å². The molecule has 0 aliphatic heterocycles. The molecule has 3 nitrogen and oxygen atoms in total. The molecule has 132 valence electrons. The molecule has 4 fully saturated rings. The Hall–Kier alpha value is 0.0700. The summed E-state index contributed by atoms with van der Waals surface area (Å²) in [6.07, 6.45) is 9.04. The van der Waals surface area contributed by atoms with E-state index >= 15 is 0 Å². The third kappa shape index (κ3) is 2.38. The van der Waals surface area contributed by atoms with E-state index in [9.17, 15) is 9.90 Å². The van der Waals surface area contributed by atoms with Crippen LogP contribution in [0.15, 0.2) is 0 Å². The lowest BCUT2D eigenvalue weighted by molar-refractivity contribution is -0.142. The number of rotatable bonds is 0. The first-order valence-corrected chi connectivity index (χ1v) is 10.1. The Balaban J connectivity index is 0.00000156. The van der Waals surface area contributed by atoms with E-state index in [1.807, 2.05) is 0 Å². The molecular weight excluding hydrogens is 356 g/mol. The van der Waals surface area contributed by atoms with E-state index in [0.717, 1.165) is 37.5 Å². The van der Waals surface area contributed by atoms with Gasteiger partial charge in [0.2, 0.25) is 0 Å². The molecule has 3 unspecified atom stereocenters. The van der Waals surface area contributed by atoms with Gasteiger partial charge in [0.05, 0.1) is 10.9 Å². The van der Waals surface area contributed by atoms with Gasteiger partial charge in [-0.05, 0) is 80.5 Å². The van der Waals surface area contributed by atoms with Gasteiger partial charge in [-0.25, -0.2) is 0 Å². The Morgan fingerprint density at radius 2 is 1.78 bits per heavy atom. The molecule has 0 spiro atoms. The predicted octanol–water partition coefficient (Wildman–Crippen LogP) is 3.51. The molecule has 0 heterocycles. The van der Waals surface area contributed by atoms with Crippen molar-refractivity contribution in [2.75, 3.05) is 0 Å². The summed E-state index contributed by atoms with van der Waals surface area (Å²) in [6.45, 7) is 4.75. The quantitative estimate of drug-likeness (QED) is 0.647. The highest BCUT2D eigenvalue weighted by molar-refractivity contribution is 9.10. The fraction of sp³-hybridized carbons (Fsp3) is 0.947. The van der Waals surface area contributed by atoms with Crippen LogP contribution in [-0.4, -0.2) is 27.3 Å². The fourth-order valence-corrected chi connectivity index (χ4v) is 7.91. The SMILES string of the molecule is C[C@]12CCC(O)CC1CC[C@@H]1[C@H]2CC[C@]2(C)C(=O)C(Br)C[C@@H]12.O. The number of hydrogen-bond acceptors (Lipinski definition) is 2. The second-order valence-electron chi connectivity index (χ2n) is 9.11. The Labute approximate surface area is 148 Å². The van der Waals surface area contributed by atoms with Gasteiger partial charge in [0.1, 0.15) is 0 Å². The van der Waals surface area contributed by atoms with Crippen LogP contribution in [0.25, 0.3) is 0 Å². The number of ketones is 1. The number of halogens is 1. The Morgan fingerprint density at radius 3 is 2.52 bits per heavy atom. The molecule has 0 bridgehead atoms. The minimum Gasteiger partial charge on any atom is -0.412 e. The Bertz CT molecular complexity index is 495. The lowest BCUT2D eigenvalue weighted by atomic mass is 9.45. The van der Waals surface area contributed by atoms with E-state index in [-0.39, 0.29) is 21.8 Å². The third-order valence-corrected chi connectivity index (χ3v) is 9.13. The highest BCUT2D eigenvalue weighted by Crippen LogP contribution is 2.65. The molecule has 0 aromatic carbocycles. The first-order valence-electron chi connectivity index (χ1n) is 9.23. The van der Waals surface area contributed by atoms with Gasteiger partial charge in [0.25, 0.3) is 0 Å². The second kappa shape index (κ2) is 5.81. The molecule has 4 aliphatic rings. The summed E-state index contributed by atoms with van der Waals surface area (Å²) in [5, 5.41) is 10.1. The van der Waals surface area contributed by atoms with E-state index in [4.69, 9.17) is 0 Å². The van der Waals surface area contributed by atoms with Gasteiger partial charge in [-0.15, -0.1) is 0 Å². The standard InChI is InChI=1S/C19H29BrO2.H2O/c1-18-7-5-12(21)9-11(18)3-4-13-14(18)6-8-19(2)15(13)10-16(20)17(19)22;/h11-16,21H,3-10H2,1-2H3;1H2/t11?,12?,13-,14-,15+,16?,18+,19+;/m1./s1. The number of Topliss-reactive ketones (excluding diaryl/α,β-unsaturated/α-hetero) is 1. The van der Waals surface area contributed by atoms with E-state index in [0.29, 0.717) is 23.0 Å². The zero-order valence-electron chi connectivity index (χ0n) is 14.4. The van der Waals surface area contributed by atoms with Crippen LogP contribution in [0.5, 0.6) is 0 Å². The van der Waals surface area contributed by atoms with Crippen molar-refractivity contribution in [3.8, 4) is 0 Å². The topological polar surface area (TPSA) is 68.8 Å². The number of aliphatic hydroxyl groups excluding tert-OH is 1. The first kappa shape index (κ1) is 17.9. The normalized spacial score (nSPS) is 55.4. The highest BCUT2D eigenvalue weighted by Gasteiger charge is 2.61. The fourth-order valence-electron chi connectivity index (χ4n) is 6.98. The zero-order chi connectivity index (χ0) is 15.7. The molecule has 0 aromatic rings. The smallest absolute Gasteiger partial charge is 0.152 e. The maximum absolute atomic E-state index is 12.7. The number of hydrogen-bond donors (Lipinski definition) is 1. The van der Waals surface area contributed by atoms with Crippen molar-refractivity contribution in [1.82, 2.24) is 0 Å². The molecule has 0 amide bonds. The maximum atomic E-state index is 12.7. The zero-order valence-corrected chi connectivity index (χ0v) is 15.9. The molecular formula is C19H31BrO3. The van der Waals surface area contributed by atoms with Gasteiger partial charge in [-0.3, -0.25) is 4.79 Å². The van der Waals surface area contributed by atoms with Crippen LogP contribution in [0.2, 0.25) is 0 Å². The van der Waals surface area contributed by atoms with Crippen molar-refractivity contribution in [2.24, 2.45) is 34.5 Å². The molecule has 0 saturated heterocycles. The minimum absolute atomic E-state index is 0. The summed E-state index contributed by atoms with van der Waals surface area (Å²) in [6, 6.07) is 0. The average molecular weight is 387 g/mol. The number of carbonyl (C=O) groups is 1. The lowest BCUT2D eigenvalue weighted by Gasteiger charge is -2.60. The van der Waals surface area contributed by atoms with Crippen LogP contribution < -0.4 is 0 Å². The summed E-state index contributed by atoms with van der Waals surface area (Å²) in [7, 11) is 0. The molecule has 23 heavy (non-hydrogen) atoms. The van der Waals surface area contributed by atoms with Gasteiger partial charge in [0, 0.05) is 5.41 Å².